The van der Waals surface area contributed by atoms with Crippen molar-refractivity contribution >= 4 is 25.4 Å². The average molecular weight is 187 g/mol. The van der Waals surface area contributed by atoms with Crippen LogP contribution in [-0.4, -0.2) is 28.8 Å². The summed E-state index contributed by atoms with van der Waals surface area (Å²) in [5.41, 5.74) is 0. The first-order valence-electron chi connectivity index (χ1n) is 2.31. The Balaban J connectivity index is 4.67. The number of nitrogens with one attached hydrogen (secondary N) is 1. The summed E-state index contributed by atoms with van der Waals surface area (Å²) in [6, 6.07) is 0. The molecule has 0 fully saturated rings. The second kappa shape index (κ2) is 2.87. The second-order valence-corrected chi connectivity index (χ2v) is 5.48. The molecular formula is C3H9NO4S2. The van der Waals surface area contributed by atoms with Gasteiger partial charge in [0.05, 0.1) is 6.26 Å². The quantitative estimate of drug-likeness (QED) is 0.545. The first-order chi connectivity index (χ1) is 4.27. The Kier molecular flexibility index (Phi) is 2.84. The molecule has 7 heteroatoms. The molecule has 0 saturated carbocycles. The first-order valence-corrected chi connectivity index (χ1v) is 5.78. The van der Waals surface area contributed by atoms with Crippen LogP contribution < -0.4 is 4.13 Å². The van der Waals surface area contributed by atoms with E-state index in [0.717, 1.165) is 11.6 Å². The number of sulfonamides is 1. The van der Waals surface area contributed by atoms with Gasteiger partial charge in [-0.2, -0.15) is 0 Å². The Bertz CT molecular complexity index is 307. The lowest BCUT2D eigenvalue weighted by molar-refractivity contribution is 0.550. The van der Waals surface area contributed by atoms with Crippen molar-refractivity contribution in [3.8, 4) is 0 Å². The largest absolute Gasteiger partial charge is 0.302 e. The monoisotopic (exact) mass is 187 g/mol. The van der Waals surface area contributed by atoms with E-state index in [0.29, 0.717) is 0 Å². The Labute approximate surface area is 60.5 Å². The van der Waals surface area contributed by atoms with Gasteiger partial charge in [-0.25, -0.2) is 12.6 Å². The smallest absolute Gasteiger partial charge is 0.221 e. The summed E-state index contributed by atoms with van der Waals surface area (Å²) in [5, 5.41) is 0.883. The Morgan fingerprint density at radius 1 is 1.40 bits per heavy atom. The summed E-state index contributed by atoms with van der Waals surface area (Å²) in [7, 11) is -7.09. The fourth-order valence-corrected chi connectivity index (χ4v) is 2.39. The summed E-state index contributed by atoms with van der Waals surface area (Å²) in [5.74, 6) is 0. The lowest BCUT2D eigenvalue weighted by atomic mass is 11.0. The van der Waals surface area contributed by atoms with E-state index in [1.54, 1.807) is 4.13 Å². The average Bonchev–Trinajstić information content (AvgIpc) is 1.60. The summed E-state index contributed by atoms with van der Waals surface area (Å²) in [4.78, 5) is 0. The highest BCUT2D eigenvalue weighted by Crippen LogP contribution is 1.81. The maximum absolute atomic E-state index is 10.6. The van der Waals surface area contributed by atoms with Crippen LogP contribution in [-0.2, 0) is 20.0 Å². The van der Waals surface area contributed by atoms with Crippen molar-refractivity contribution in [2.75, 3.05) is 6.26 Å². The van der Waals surface area contributed by atoms with Crippen LogP contribution in [0.1, 0.15) is 6.92 Å². The molecule has 0 amide bonds. The van der Waals surface area contributed by atoms with Crippen molar-refractivity contribution in [1.82, 2.24) is 4.13 Å². The molecular weight excluding hydrogens is 178 g/mol. The zero-order valence-corrected chi connectivity index (χ0v) is 7.20. The molecule has 0 aromatic carbocycles. The summed E-state index contributed by atoms with van der Waals surface area (Å²) >= 11 is 0. The van der Waals surface area contributed by atoms with Crippen molar-refractivity contribution in [2.45, 2.75) is 6.92 Å². The van der Waals surface area contributed by atoms with E-state index in [1.807, 2.05) is 0 Å². The number of hydrogen-bond donors (Lipinski definition) is 2. The van der Waals surface area contributed by atoms with Gasteiger partial charge in [0, 0.05) is 5.37 Å². The third kappa shape index (κ3) is 4.74. The van der Waals surface area contributed by atoms with E-state index in [4.69, 9.17) is 4.55 Å². The maximum atomic E-state index is 10.6. The van der Waals surface area contributed by atoms with Crippen molar-refractivity contribution < 1.29 is 17.2 Å². The van der Waals surface area contributed by atoms with Gasteiger partial charge in [-0.05, 0) is 6.92 Å². The van der Waals surface area contributed by atoms with E-state index < -0.39 is 20.0 Å². The zero-order valence-electron chi connectivity index (χ0n) is 5.57. The van der Waals surface area contributed by atoms with Crippen LogP contribution >= 0.6 is 0 Å². The zero-order chi connectivity index (χ0) is 8.41. The molecule has 2 N–H and O–H groups in total. The van der Waals surface area contributed by atoms with Crippen molar-refractivity contribution in [3.05, 3.63) is 0 Å². The normalized spacial score (nSPS) is 17.9. The van der Waals surface area contributed by atoms with Crippen LogP contribution in [0.15, 0.2) is 0 Å². The summed E-state index contributed by atoms with van der Waals surface area (Å²) in [6.45, 7) is 1.29. The molecule has 0 aliphatic heterocycles. The molecule has 0 saturated heterocycles. The molecule has 0 aliphatic carbocycles. The molecule has 0 aromatic rings. The van der Waals surface area contributed by atoms with Crippen molar-refractivity contribution in [1.29, 1.82) is 0 Å². The molecule has 0 rings (SSSR count). The molecule has 0 heterocycles. The highest BCUT2D eigenvalue weighted by atomic mass is 32.3. The van der Waals surface area contributed by atoms with E-state index in [-0.39, 0.29) is 0 Å². The van der Waals surface area contributed by atoms with Gasteiger partial charge in [0.1, 0.15) is 0 Å². The molecule has 0 aliphatic rings. The minimum absolute atomic E-state index is 0.812. The van der Waals surface area contributed by atoms with Gasteiger partial charge < -0.3 is 4.55 Å². The molecule has 1 unspecified atom stereocenters. The molecule has 0 radical (unpaired) electrons. The third-order valence-corrected chi connectivity index (χ3v) is 3.40. The van der Waals surface area contributed by atoms with Gasteiger partial charge in [0.2, 0.25) is 10.0 Å². The fraction of sp³-hybridized carbons (Fsp3) is 0.667. The van der Waals surface area contributed by atoms with Crippen molar-refractivity contribution in [3.63, 3.8) is 0 Å². The Morgan fingerprint density at radius 2 is 1.80 bits per heavy atom. The molecule has 1 atom stereocenters. The van der Waals surface area contributed by atoms with Gasteiger partial charge in [-0.15, -0.1) is 4.13 Å². The highest BCUT2D eigenvalue weighted by Gasteiger charge is 2.06. The molecule has 0 aromatic heterocycles. The SMILES string of the molecule is CC=S(=O)(O)NS(C)(=O)=O. The van der Waals surface area contributed by atoms with Crippen LogP contribution in [0.5, 0.6) is 0 Å². The third-order valence-electron chi connectivity index (χ3n) is 0.590. The van der Waals surface area contributed by atoms with E-state index >= 15 is 0 Å². The first kappa shape index (κ1) is 9.89. The van der Waals surface area contributed by atoms with Crippen LogP contribution in [0.2, 0.25) is 0 Å². The van der Waals surface area contributed by atoms with E-state index in [9.17, 15) is 12.6 Å². The number of hydrogen-bond acceptors (Lipinski definition) is 3. The van der Waals surface area contributed by atoms with Crippen LogP contribution in [0.4, 0.5) is 0 Å². The van der Waals surface area contributed by atoms with Crippen LogP contribution in [0, 0.1) is 0 Å². The van der Waals surface area contributed by atoms with Crippen LogP contribution in [0.3, 0.4) is 0 Å². The lowest BCUT2D eigenvalue weighted by Gasteiger charge is -2.00. The summed E-state index contributed by atoms with van der Waals surface area (Å²) in [6.07, 6.45) is 0.812. The predicted molar refractivity (Wildman–Crippen MR) is 40.5 cm³/mol. The second-order valence-electron chi connectivity index (χ2n) is 1.66. The van der Waals surface area contributed by atoms with Gasteiger partial charge in [0.25, 0.3) is 0 Å². The molecule has 0 bridgehead atoms. The molecule has 5 nitrogen and oxygen atoms in total. The summed E-state index contributed by atoms with van der Waals surface area (Å²) < 4.78 is 41.4. The van der Waals surface area contributed by atoms with Crippen molar-refractivity contribution in [2.24, 2.45) is 0 Å². The standard InChI is InChI=1S/C3H9NO4S2/c1-3-10(7,8)4-9(2,5)6/h3H,1-2H3,(H2,4,7,8). The molecule has 0 spiro atoms. The van der Waals surface area contributed by atoms with E-state index in [1.165, 1.54) is 6.92 Å². The fourth-order valence-electron chi connectivity index (χ4n) is 0.265. The maximum Gasteiger partial charge on any atom is 0.221 e. The van der Waals surface area contributed by atoms with E-state index in [2.05, 4.69) is 0 Å². The highest BCUT2D eigenvalue weighted by molar-refractivity contribution is 8.06. The van der Waals surface area contributed by atoms with Gasteiger partial charge in [-0.1, -0.05) is 0 Å². The topological polar surface area (TPSA) is 83.5 Å². The predicted octanol–water partition coefficient (Wildman–Crippen LogP) is -0.970. The lowest BCUT2D eigenvalue weighted by Crippen LogP contribution is -2.29. The minimum atomic E-state index is -3.60. The molecule has 10 heavy (non-hydrogen) atoms. The Hall–Kier alpha value is -0.110. The minimum Gasteiger partial charge on any atom is -0.302 e. The van der Waals surface area contributed by atoms with Crippen LogP contribution in [0.25, 0.3) is 0 Å². The Morgan fingerprint density at radius 3 is 1.90 bits per heavy atom. The van der Waals surface area contributed by atoms with Gasteiger partial charge >= 0.3 is 0 Å². The number of rotatable bonds is 2. The molecule has 62 valence electrons. The van der Waals surface area contributed by atoms with Gasteiger partial charge in [0.15, 0.2) is 9.99 Å². The van der Waals surface area contributed by atoms with Gasteiger partial charge in [-0.3, -0.25) is 0 Å².